The van der Waals surface area contributed by atoms with Gasteiger partial charge < -0.3 is 4.48 Å². The third-order valence-corrected chi connectivity index (χ3v) is 3.67. The molecule has 1 aliphatic rings. The highest BCUT2D eigenvalue weighted by Crippen LogP contribution is 2.36. The van der Waals surface area contributed by atoms with Crippen LogP contribution in [0.5, 0.6) is 0 Å². The molecule has 0 aromatic carbocycles. The summed E-state index contributed by atoms with van der Waals surface area (Å²) in [4.78, 5) is 0. The van der Waals surface area contributed by atoms with Gasteiger partial charge in [-0.2, -0.15) is 0 Å². The molecule has 1 rings (SSSR count). The predicted molar refractivity (Wildman–Crippen MR) is 58.5 cm³/mol. The molecule has 13 heavy (non-hydrogen) atoms. The van der Waals surface area contributed by atoms with Crippen molar-refractivity contribution < 1.29 is 4.48 Å². The molecule has 0 N–H and O–H groups in total. The van der Waals surface area contributed by atoms with Gasteiger partial charge in [0.05, 0.1) is 27.2 Å². The Kier molecular flexibility index (Phi) is 3.06. The maximum atomic E-state index is 2.38. The minimum atomic E-state index is 0.854. The molecule has 1 saturated heterocycles. The zero-order valence-corrected chi connectivity index (χ0v) is 10.2. The SMILES string of the molecule is CC(C)C1C[N+](C)(C)CC1C(C)C. The van der Waals surface area contributed by atoms with Gasteiger partial charge in [0.2, 0.25) is 0 Å². The summed E-state index contributed by atoms with van der Waals surface area (Å²) in [5.74, 6) is 3.59. The lowest BCUT2D eigenvalue weighted by molar-refractivity contribution is -0.881. The van der Waals surface area contributed by atoms with Crippen LogP contribution in [0.1, 0.15) is 27.7 Å². The summed E-state index contributed by atoms with van der Waals surface area (Å²) < 4.78 is 1.23. The van der Waals surface area contributed by atoms with Crippen molar-refractivity contribution >= 4 is 0 Å². The number of hydrogen-bond donors (Lipinski definition) is 0. The van der Waals surface area contributed by atoms with Gasteiger partial charge >= 0.3 is 0 Å². The monoisotopic (exact) mass is 184 g/mol. The topological polar surface area (TPSA) is 0 Å². The smallest absolute Gasteiger partial charge is 0.0818 e. The van der Waals surface area contributed by atoms with Crippen LogP contribution in [-0.2, 0) is 0 Å². The van der Waals surface area contributed by atoms with Gasteiger partial charge in [-0.25, -0.2) is 0 Å². The molecular formula is C12H26N+. The lowest BCUT2D eigenvalue weighted by atomic mass is 9.80. The zero-order chi connectivity index (χ0) is 10.2. The van der Waals surface area contributed by atoms with Crippen LogP contribution in [-0.4, -0.2) is 31.7 Å². The van der Waals surface area contributed by atoms with E-state index in [4.69, 9.17) is 0 Å². The second-order valence-electron chi connectivity index (χ2n) is 6.12. The second kappa shape index (κ2) is 3.61. The quantitative estimate of drug-likeness (QED) is 0.579. The molecule has 0 saturated carbocycles. The van der Waals surface area contributed by atoms with Crippen molar-refractivity contribution in [2.75, 3.05) is 27.2 Å². The van der Waals surface area contributed by atoms with Gasteiger partial charge in [-0.1, -0.05) is 27.7 Å². The van der Waals surface area contributed by atoms with Crippen LogP contribution < -0.4 is 0 Å². The van der Waals surface area contributed by atoms with Crippen LogP contribution >= 0.6 is 0 Å². The molecule has 1 heteroatoms. The Morgan fingerprint density at radius 3 is 1.38 bits per heavy atom. The summed E-state index contributed by atoms with van der Waals surface area (Å²) in [6.07, 6.45) is 0. The first-order valence-corrected chi connectivity index (χ1v) is 5.65. The van der Waals surface area contributed by atoms with E-state index in [0.717, 1.165) is 23.7 Å². The molecule has 0 radical (unpaired) electrons. The van der Waals surface area contributed by atoms with Crippen molar-refractivity contribution in [2.45, 2.75) is 27.7 Å². The molecule has 0 bridgehead atoms. The molecule has 0 aromatic rings. The van der Waals surface area contributed by atoms with Crippen molar-refractivity contribution in [3.63, 3.8) is 0 Å². The van der Waals surface area contributed by atoms with E-state index < -0.39 is 0 Å². The molecule has 1 nitrogen and oxygen atoms in total. The van der Waals surface area contributed by atoms with Crippen molar-refractivity contribution in [1.29, 1.82) is 0 Å². The van der Waals surface area contributed by atoms with Gasteiger partial charge in [0.1, 0.15) is 0 Å². The first-order chi connectivity index (χ1) is 5.83. The van der Waals surface area contributed by atoms with Gasteiger partial charge in [-0.15, -0.1) is 0 Å². The van der Waals surface area contributed by atoms with Crippen LogP contribution in [0.25, 0.3) is 0 Å². The molecule has 0 aliphatic carbocycles. The summed E-state index contributed by atoms with van der Waals surface area (Å²) in [7, 11) is 4.75. The zero-order valence-electron chi connectivity index (χ0n) is 10.2. The van der Waals surface area contributed by atoms with E-state index in [-0.39, 0.29) is 0 Å². The highest BCUT2D eigenvalue weighted by molar-refractivity contribution is 4.80. The van der Waals surface area contributed by atoms with Gasteiger partial charge in [0.25, 0.3) is 0 Å². The Balaban J connectivity index is 2.71. The van der Waals surface area contributed by atoms with E-state index in [1.54, 1.807) is 0 Å². The largest absolute Gasteiger partial charge is 0.328 e. The van der Waals surface area contributed by atoms with E-state index in [1.807, 2.05) is 0 Å². The lowest BCUT2D eigenvalue weighted by Crippen LogP contribution is -2.37. The van der Waals surface area contributed by atoms with E-state index in [0.29, 0.717) is 0 Å². The first kappa shape index (κ1) is 11.0. The summed E-state index contributed by atoms with van der Waals surface area (Å²) in [6.45, 7) is 12.3. The Bertz CT molecular complexity index is 152. The molecule has 1 heterocycles. The third kappa shape index (κ3) is 2.46. The third-order valence-electron chi connectivity index (χ3n) is 3.67. The predicted octanol–water partition coefficient (Wildman–Crippen LogP) is 2.62. The molecule has 0 spiro atoms. The molecule has 2 unspecified atom stereocenters. The number of likely N-dealkylation sites (tertiary alicyclic amines) is 1. The molecule has 2 atom stereocenters. The maximum Gasteiger partial charge on any atom is 0.0818 e. The summed E-state index contributed by atoms with van der Waals surface area (Å²) in [6, 6.07) is 0. The van der Waals surface area contributed by atoms with Gasteiger partial charge in [0.15, 0.2) is 0 Å². The highest BCUT2D eigenvalue weighted by atomic mass is 15.3. The van der Waals surface area contributed by atoms with Crippen LogP contribution in [0.3, 0.4) is 0 Å². The van der Waals surface area contributed by atoms with Crippen LogP contribution in [0.4, 0.5) is 0 Å². The van der Waals surface area contributed by atoms with E-state index in [1.165, 1.54) is 17.6 Å². The van der Waals surface area contributed by atoms with Crippen LogP contribution in [0, 0.1) is 23.7 Å². The number of quaternary nitrogens is 1. The normalized spacial score (nSPS) is 33.2. The summed E-state index contributed by atoms with van der Waals surface area (Å²) in [5, 5.41) is 0. The van der Waals surface area contributed by atoms with Crippen LogP contribution in [0.15, 0.2) is 0 Å². The molecule has 1 aliphatic heterocycles. The van der Waals surface area contributed by atoms with Gasteiger partial charge in [-0.05, 0) is 11.8 Å². The Morgan fingerprint density at radius 1 is 0.846 bits per heavy atom. The molecule has 0 aromatic heterocycles. The standard InChI is InChI=1S/C12H26N/c1-9(2)11-7-13(5,6)8-12(11)10(3)4/h9-12H,7-8H2,1-6H3/q+1. The minimum Gasteiger partial charge on any atom is -0.328 e. The molecular weight excluding hydrogens is 158 g/mol. The minimum absolute atomic E-state index is 0.854. The van der Waals surface area contributed by atoms with Gasteiger partial charge in [-0.3, -0.25) is 0 Å². The Morgan fingerprint density at radius 2 is 1.15 bits per heavy atom. The van der Waals surface area contributed by atoms with Gasteiger partial charge in [0, 0.05) is 11.8 Å². The molecule has 1 fully saturated rings. The lowest BCUT2D eigenvalue weighted by Gasteiger charge is -2.24. The van der Waals surface area contributed by atoms with Crippen molar-refractivity contribution in [3.05, 3.63) is 0 Å². The number of hydrogen-bond acceptors (Lipinski definition) is 0. The Hall–Kier alpha value is -0.0400. The maximum absolute atomic E-state index is 2.38. The summed E-state index contributed by atoms with van der Waals surface area (Å²) >= 11 is 0. The van der Waals surface area contributed by atoms with Crippen molar-refractivity contribution in [2.24, 2.45) is 23.7 Å². The molecule has 78 valence electrons. The summed E-state index contributed by atoms with van der Waals surface area (Å²) in [5.41, 5.74) is 0. The van der Waals surface area contributed by atoms with Crippen LogP contribution in [0.2, 0.25) is 0 Å². The number of rotatable bonds is 2. The fourth-order valence-corrected chi connectivity index (χ4v) is 2.90. The highest BCUT2D eigenvalue weighted by Gasteiger charge is 2.42. The van der Waals surface area contributed by atoms with E-state index in [9.17, 15) is 0 Å². The van der Waals surface area contributed by atoms with Crippen molar-refractivity contribution in [1.82, 2.24) is 0 Å². The second-order valence-corrected chi connectivity index (χ2v) is 6.12. The average molecular weight is 184 g/mol. The Labute approximate surface area is 83.7 Å². The number of nitrogens with zero attached hydrogens (tertiary/aromatic N) is 1. The van der Waals surface area contributed by atoms with Crippen molar-refractivity contribution in [3.8, 4) is 0 Å². The fraction of sp³-hybridized carbons (Fsp3) is 1.00. The first-order valence-electron chi connectivity index (χ1n) is 5.65. The van der Waals surface area contributed by atoms with E-state index >= 15 is 0 Å². The van der Waals surface area contributed by atoms with E-state index in [2.05, 4.69) is 41.8 Å². The fourth-order valence-electron chi connectivity index (χ4n) is 2.90. The average Bonchev–Trinajstić information content (AvgIpc) is 2.26. The molecule has 0 amide bonds.